The summed E-state index contributed by atoms with van der Waals surface area (Å²) in [5.74, 6) is 1.49. The summed E-state index contributed by atoms with van der Waals surface area (Å²) in [5.41, 5.74) is 1.84. The molecule has 0 amide bonds. The molecule has 2 fully saturated rings. The second-order valence-electron chi connectivity index (χ2n) is 9.21. The van der Waals surface area contributed by atoms with E-state index in [9.17, 15) is 10.2 Å². The van der Waals surface area contributed by atoms with Crippen molar-refractivity contribution in [1.82, 2.24) is 30.0 Å². The van der Waals surface area contributed by atoms with Gasteiger partial charge in [0.05, 0.1) is 12.0 Å². The molecule has 0 radical (unpaired) electrons. The molecule has 3 aromatic heterocycles. The van der Waals surface area contributed by atoms with E-state index in [0.717, 1.165) is 38.0 Å². The average Bonchev–Trinajstić information content (AvgIpc) is 3.66. The number of anilines is 2. The van der Waals surface area contributed by atoms with E-state index in [2.05, 4.69) is 39.9 Å². The van der Waals surface area contributed by atoms with Crippen LogP contribution in [0.3, 0.4) is 0 Å². The molecule has 5 atom stereocenters. The van der Waals surface area contributed by atoms with Crippen LogP contribution in [0.25, 0.3) is 11.2 Å². The third-order valence-corrected chi connectivity index (χ3v) is 6.87. The number of fused-ring (bicyclic) bond motifs is 1. The number of hydrogen-bond donors (Lipinski definition) is 5. The summed E-state index contributed by atoms with van der Waals surface area (Å²) in [7, 11) is 0. The smallest absolute Gasteiger partial charge is 0.227 e. The Morgan fingerprint density at radius 2 is 2.03 bits per heavy atom. The predicted octanol–water partition coefficient (Wildman–Crippen LogP) is 1.74. The quantitative estimate of drug-likeness (QED) is 0.300. The van der Waals surface area contributed by atoms with E-state index in [1.807, 2.05) is 6.92 Å². The van der Waals surface area contributed by atoms with E-state index in [1.54, 1.807) is 17.0 Å². The maximum atomic E-state index is 10.9. The van der Waals surface area contributed by atoms with E-state index >= 15 is 0 Å². The second-order valence-corrected chi connectivity index (χ2v) is 9.21. The number of rotatable bonds is 9. The van der Waals surface area contributed by atoms with E-state index in [0.29, 0.717) is 35.1 Å². The number of aryl methyl sites for hydroxylation is 1. The van der Waals surface area contributed by atoms with Crippen LogP contribution in [0.4, 0.5) is 11.8 Å². The Morgan fingerprint density at radius 1 is 1.20 bits per heavy atom. The highest BCUT2D eigenvalue weighted by atomic mass is 16.6. The molecule has 3 aromatic rings. The summed E-state index contributed by atoms with van der Waals surface area (Å²) in [5, 5.41) is 35.9. The van der Waals surface area contributed by atoms with E-state index < -0.39 is 24.5 Å². The van der Waals surface area contributed by atoms with Crippen molar-refractivity contribution in [3.8, 4) is 0 Å². The molecule has 0 spiro atoms. The molecule has 2 saturated heterocycles. The van der Waals surface area contributed by atoms with Gasteiger partial charge in [-0.15, -0.1) is 0 Å². The van der Waals surface area contributed by atoms with Gasteiger partial charge in [-0.25, -0.2) is 4.98 Å². The van der Waals surface area contributed by atoms with Crippen molar-refractivity contribution >= 4 is 22.9 Å². The molecule has 190 valence electrons. The van der Waals surface area contributed by atoms with Gasteiger partial charge in [0.1, 0.15) is 18.3 Å². The number of nitrogens with one attached hydrogen (secondary N) is 3. The summed E-state index contributed by atoms with van der Waals surface area (Å²) in [6.07, 6.45) is 0.943. The first-order chi connectivity index (χ1) is 17.0. The molecule has 0 unspecified atom stereocenters. The summed E-state index contributed by atoms with van der Waals surface area (Å²) >= 11 is 0. The van der Waals surface area contributed by atoms with E-state index in [4.69, 9.17) is 19.2 Å². The van der Waals surface area contributed by atoms with Crippen LogP contribution >= 0.6 is 0 Å². The van der Waals surface area contributed by atoms with Crippen LogP contribution in [0.1, 0.15) is 63.8 Å². The second kappa shape index (κ2) is 10.1. The van der Waals surface area contributed by atoms with Crippen LogP contribution in [0.15, 0.2) is 16.9 Å². The molecule has 12 heteroatoms. The van der Waals surface area contributed by atoms with Crippen molar-refractivity contribution in [3.05, 3.63) is 23.8 Å². The molecule has 5 heterocycles. The fourth-order valence-corrected chi connectivity index (χ4v) is 4.67. The summed E-state index contributed by atoms with van der Waals surface area (Å²) < 4.78 is 13.1. The van der Waals surface area contributed by atoms with Crippen LogP contribution < -0.4 is 16.0 Å². The summed E-state index contributed by atoms with van der Waals surface area (Å²) in [6.45, 7) is 7.99. The first-order valence-corrected chi connectivity index (χ1v) is 12.5. The Kier molecular flexibility index (Phi) is 6.87. The predicted molar refractivity (Wildman–Crippen MR) is 129 cm³/mol. The normalized spacial score (nSPS) is 26.7. The molecule has 0 saturated carbocycles. The lowest BCUT2D eigenvalue weighted by Gasteiger charge is -2.19. The number of ether oxygens (including phenoxy) is 1. The van der Waals surface area contributed by atoms with Crippen LogP contribution in [-0.4, -0.2) is 72.3 Å². The maximum absolute atomic E-state index is 10.9. The van der Waals surface area contributed by atoms with Gasteiger partial charge in [0, 0.05) is 24.7 Å². The van der Waals surface area contributed by atoms with Crippen molar-refractivity contribution in [2.24, 2.45) is 0 Å². The first kappa shape index (κ1) is 23.9. The van der Waals surface area contributed by atoms with Crippen LogP contribution in [0.5, 0.6) is 0 Å². The van der Waals surface area contributed by atoms with Crippen LogP contribution in [-0.2, 0) is 11.2 Å². The molecule has 5 N–H and O–H groups in total. The minimum atomic E-state index is -1.21. The van der Waals surface area contributed by atoms with Gasteiger partial charge >= 0.3 is 0 Å². The molecule has 0 aromatic carbocycles. The van der Waals surface area contributed by atoms with Gasteiger partial charge in [-0.2, -0.15) is 9.97 Å². The average molecular weight is 487 g/mol. The zero-order chi connectivity index (χ0) is 24.5. The van der Waals surface area contributed by atoms with Gasteiger partial charge < -0.3 is 35.4 Å². The standard InChI is InChI=1S/C23H34N8O4/c1-4-12(5-2)26-20-16-21(29-23(28-20)27-14-7-8-24-10-14)31(11-25-16)22-18(33)17(32)19(34-22)15-9-13(6-3)30-35-15/h9,11-12,14,17-19,22,24,32-33H,4-8,10H2,1-3H3,(H2,26,27,28,29)/t14-,17+,18-,19-,22-/m1/s1. The van der Waals surface area contributed by atoms with Gasteiger partial charge in [-0.3, -0.25) is 4.57 Å². The third-order valence-electron chi connectivity index (χ3n) is 6.87. The fourth-order valence-electron chi connectivity index (χ4n) is 4.67. The number of aromatic nitrogens is 5. The van der Waals surface area contributed by atoms with Crippen molar-refractivity contribution in [2.75, 3.05) is 23.7 Å². The Morgan fingerprint density at radius 3 is 2.71 bits per heavy atom. The molecule has 2 aliphatic heterocycles. The van der Waals surface area contributed by atoms with Gasteiger partial charge in [0.2, 0.25) is 5.95 Å². The van der Waals surface area contributed by atoms with E-state index in [-0.39, 0.29) is 12.1 Å². The van der Waals surface area contributed by atoms with Gasteiger partial charge in [-0.1, -0.05) is 25.9 Å². The largest absolute Gasteiger partial charge is 0.387 e. The minimum Gasteiger partial charge on any atom is -0.387 e. The van der Waals surface area contributed by atoms with Crippen molar-refractivity contribution in [3.63, 3.8) is 0 Å². The number of aliphatic hydroxyl groups excluding tert-OH is 2. The van der Waals surface area contributed by atoms with Crippen LogP contribution in [0.2, 0.25) is 0 Å². The zero-order valence-electron chi connectivity index (χ0n) is 20.3. The lowest BCUT2D eigenvalue weighted by atomic mass is 10.1. The van der Waals surface area contributed by atoms with Gasteiger partial charge in [0.25, 0.3) is 0 Å². The SMILES string of the molecule is CCc1cc([C@H]2O[C@@H](n3cnc4c(NC(CC)CC)nc(N[C@@H]5CCNC5)nc43)[C@H](O)[C@@H]2O)on1. The molecular weight excluding hydrogens is 452 g/mol. The fraction of sp³-hybridized carbons (Fsp3) is 0.652. The number of nitrogens with zero attached hydrogens (tertiary/aromatic N) is 5. The van der Waals surface area contributed by atoms with E-state index in [1.165, 1.54) is 0 Å². The molecule has 0 bridgehead atoms. The lowest BCUT2D eigenvalue weighted by molar-refractivity contribution is -0.0434. The highest BCUT2D eigenvalue weighted by molar-refractivity contribution is 5.84. The number of imidazole rings is 1. The Hall–Kier alpha value is -2.80. The highest BCUT2D eigenvalue weighted by Gasteiger charge is 2.47. The Bertz CT molecular complexity index is 1140. The Balaban J connectivity index is 1.50. The van der Waals surface area contributed by atoms with Crippen molar-refractivity contribution < 1.29 is 19.5 Å². The Labute approximate surface area is 203 Å². The molecule has 2 aliphatic rings. The number of aliphatic hydroxyl groups is 2. The monoisotopic (exact) mass is 486 g/mol. The molecular formula is C23H34N8O4. The highest BCUT2D eigenvalue weighted by Crippen LogP contribution is 2.40. The summed E-state index contributed by atoms with van der Waals surface area (Å²) in [6, 6.07) is 2.20. The lowest BCUT2D eigenvalue weighted by Crippen LogP contribution is -2.29. The molecule has 0 aliphatic carbocycles. The zero-order valence-corrected chi connectivity index (χ0v) is 20.3. The summed E-state index contributed by atoms with van der Waals surface area (Å²) in [4.78, 5) is 14.0. The maximum Gasteiger partial charge on any atom is 0.227 e. The van der Waals surface area contributed by atoms with Crippen molar-refractivity contribution in [2.45, 2.75) is 83.1 Å². The molecule has 12 nitrogen and oxygen atoms in total. The van der Waals surface area contributed by atoms with Gasteiger partial charge in [-0.05, 0) is 32.2 Å². The minimum absolute atomic E-state index is 0.226. The van der Waals surface area contributed by atoms with Crippen LogP contribution in [0, 0.1) is 0 Å². The molecule has 35 heavy (non-hydrogen) atoms. The topological polar surface area (TPSA) is 155 Å². The van der Waals surface area contributed by atoms with Gasteiger partial charge in [0.15, 0.2) is 29.0 Å². The third kappa shape index (κ3) is 4.58. The molecule has 5 rings (SSSR count). The van der Waals surface area contributed by atoms with Crippen molar-refractivity contribution in [1.29, 1.82) is 0 Å². The number of hydrogen-bond acceptors (Lipinski definition) is 11. The first-order valence-electron chi connectivity index (χ1n) is 12.5.